The van der Waals surface area contributed by atoms with Gasteiger partial charge in [-0.25, -0.2) is 0 Å². The van der Waals surface area contributed by atoms with Crippen LogP contribution in [0.1, 0.15) is 35.2 Å². The van der Waals surface area contributed by atoms with E-state index in [4.69, 9.17) is 9.47 Å². The smallest absolute Gasteiger partial charge is 0.235 e. The molecule has 0 saturated heterocycles. The van der Waals surface area contributed by atoms with Gasteiger partial charge in [0.2, 0.25) is 5.91 Å². The van der Waals surface area contributed by atoms with Gasteiger partial charge in [-0.3, -0.25) is 14.4 Å². The zero-order chi connectivity index (χ0) is 23.8. The van der Waals surface area contributed by atoms with Gasteiger partial charge in [-0.2, -0.15) is 0 Å². The van der Waals surface area contributed by atoms with E-state index in [1.165, 1.54) is 14.0 Å². The zero-order valence-electron chi connectivity index (χ0n) is 18.9. The van der Waals surface area contributed by atoms with E-state index in [2.05, 4.69) is 5.32 Å². The second-order valence-corrected chi connectivity index (χ2v) is 7.65. The Morgan fingerprint density at radius 1 is 0.818 bits per heavy atom. The lowest BCUT2D eigenvalue weighted by Crippen LogP contribution is -2.34. The normalized spacial score (nSPS) is 12.3. The summed E-state index contributed by atoms with van der Waals surface area (Å²) in [5.41, 5.74) is 1.70. The van der Waals surface area contributed by atoms with E-state index in [0.29, 0.717) is 22.7 Å². The third-order valence-corrected chi connectivity index (χ3v) is 5.53. The van der Waals surface area contributed by atoms with Gasteiger partial charge in [0.15, 0.2) is 5.78 Å². The van der Waals surface area contributed by atoms with Crippen LogP contribution < -0.4 is 14.8 Å². The molecule has 0 aliphatic carbocycles. The fourth-order valence-corrected chi connectivity index (χ4v) is 3.83. The molecule has 3 aromatic carbocycles. The molecule has 0 saturated carbocycles. The van der Waals surface area contributed by atoms with Crippen LogP contribution in [0.2, 0.25) is 0 Å². The van der Waals surface area contributed by atoms with E-state index >= 15 is 0 Å². The number of amides is 1. The third kappa shape index (κ3) is 5.86. The van der Waals surface area contributed by atoms with Crippen LogP contribution in [-0.4, -0.2) is 31.7 Å². The van der Waals surface area contributed by atoms with Crippen molar-refractivity contribution in [2.75, 3.05) is 19.5 Å². The Morgan fingerprint density at radius 2 is 1.45 bits per heavy atom. The molecule has 0 bridgehead atoms. The second-order valence-electron chi connectivity index (χ2n) is 7.65. The van der Waals surface area contributed by atoms with Gasteiger partial charge < -0.3 is 14.8 Å². The first-order chi connectivity index (χ1) is 15.9. The molecule has 1 amide bonds. The van der Waals surface area contributed by atoms with Crippen molar-refractivity contribution in [2.45, 2.75) is 19.3 Å². The number of hydrogen-bond donors (Lipinski definition) is 1. The van der Waals surface area contributed by atoms with Gasteiger partial charge in [0, 0.05) is 17.9 Å². The minimum Gasteiger partial charge on any atom is -0.497 e. The maximum Gasteiger partial charge on any atom is 0.235 e. The molecule has 170 valence electrons. The summed E-state index contributed by atoms with van der Waals surface area (Å²) in [5.74, 6) is -1.53. The first-order valence-corrected chi connectivity index (χ1v) is 10.6. The highest BCUT2D eigenvalue weighted by Gasteiger charge is 2.35. The number of carbonyl (C=O) groups excluding carboxylic acids is 3. The number of nitrogens with one attached hydrogen (secondary N) is 1. The standard InChI is InChI=1S/C27H27NO5/c1-18(29)26(27(31)28-23-11-7-8-12-25(23)33-3)22(19-9-5-4-6-10-19)17-24(30)20-13-15-21(32-2)16-14-20/h4-16,22,26H,17H2,1-3H3,(H,28,31). The lowest BCUT2D eigenvalue weighted by molar-refractivity contribution is -0.130. The SMILES string of the molecule is COc1ccc(C(=O)CC(c2ccccc2)C(C(C)=O)C(=O)Nc2ccccc2OC)cc1. The lowest BCUT2D eigenvalue weighted by Gasteiger charge is -2.25. The molecular formula is C27H27NO5. The molecule has 6 heteroatoms. The Labute approximate surface area is 193 Å². The van der Waals surface area contributed by atoms with Crippen molar-refractivity contribution in [3.63, 3.8) is 0 Å². The molecule has 33 heavy (non-hydrogen) atoms. The first-order valence-electron chi connectivity index (χ1n) is 10.6. The minimum absolute atomic E-state index is 0.0000661. The van der Waals surface area contributed by atoms with E-state index in [1.54, 1.807) is 55.6 Å². The van der Waals surface area contributed by atoms with Crippen molar-refractivity contribution in [1.82, 2.24) is 0 Å². The molecule has 3 rings (SSSR count). The highest BCUT2D eigenvalue weighted by Crippen LogP contribution is 2.33. The predicted molar refractivity (Wildman–Crippen MR) is 127 cm³/mol. The molecule has 0 spiro atoms. The van der Waals surface area contributed by atoms with Crippen molar-refractivity contribution in [2.24, 2.45) is 5.92 Å². The van der Waals surface area contributed by atoms with E-state index in [9.17, 15) is 14.4 Å². The van der Waals surface area contributed by atoms with Crippen LogP contribution in [0, 0.1) is 5.92 Å². The molecular weight excluding hydrogens is 418 g/mol. The van der Waals surface area contributed by atoms with Crippen molar-refractivity contribution >= 4 is 23.2 Å². The molecule has 1 N–H and O–H groups in total. The van der Waals surface area contributed by atoms with Crippen LogP contribution in [-0.2, 0) is 9.59 Å². The molecule has 0 radical (unpaired) electrons. The van der Waals surface area contributed by atoms with Crippen molar-refractivity contribution in [3.05, 3.63) is 90.0 Å². The third-order valence-electron chi connectivity index (χ3n) is 5.53. The molecule has 3 aromatic rings. The number of benzene rings is 3. The summed E-state index contributed by atoms with van der Waals surface area (Å²) in [4.78, 5) is 39.2. The molecule has 0 aliphatic rings. The van der Waals surface area contributed by atoms with Crippen LogP contribution in [0.5, 0.6) is 11.5 Å². The van der Waals surface area contributed by atoms with Gasteiger partial charge in [0.1, 0.15) is 23.2 Å². The highest BCUT2D eigenvalue weighted by atomic mass is 16.5. The number of carbonyl (C=O) groups is 3. The average Bonchev–Trinajstić information content (AvgIpc) is 2.84. The highest BCUT2D eigenvalue weighted by molar-refractivity contribution is 6.08. The zero-order valence-corrected chi connectivity index (χ0v) is 18.9. The first kappa shape index (κ1) is 23.7. The number of ketones is 2. The van der Waals surface area contributed by atoms with E-state index in [1.807, 2.05) is 30.3 Å². The number of rotatable bonds is 10. The molecule has 2 atom stereocenters. The Balaban J connectivity index is 1.93. The number of anilines is 1. The summed E-state index contributed by atoms with van der Waals surface area (Å²) in [6.45, 7) is 1.38. The topological polar surface area (TPSA) is 81.7 Å². The van der Waals surface area contributed by atoms with Gasteiger partial charge in [0.25, 0.3) is 0 Å². The Kier molecular flexibility index (Phi) is 7.97. The van der Waals surface area contributed by atoms with Crippen LogP contribution in [0.15, 0.2) is 78.9 Å². The maximum atomic E-state index is 13.3. The summed E-state index contributed by atoms with van der Waals surface area (Å²) in [6, 6.07) is 22.9. The van der Waals surface area contributed by atoms with E-state index < -0.39 is 17.7 Å². The second kappa shape index (κ2) is 11.1. The van der Waals surface area contributed by atoms with Gasteiger partial charge >= 0.3 is 0 Å². The van der Waals surface area contributed by atoms with Gasteiger partial charge in [0.05, 0.1) is 19.9 Å². The fourth-order valence-electron chi connectivity index (χ4n) is 3.83. The number of para-hydroxylation sites is 2. The Hall–Kier alpha value is -3.93. The maximum absolute atomic E-state index is 13.3. The van der Waals surface area contributed by atoms with E-state index in [-0.39, 0.29) is 18.0 Å². The number of ether oxygens (including phenoxy) is 2. The molecule has 0 aromatic heterocycles. The largest absolute Gasteiger partial charge is 0.497 e. The van der Waals surface area contributed by atoms with Gasteiger partial charge in [-0.1, -0.05) is 42.5 Å². The van der Waals surface area contributed by atoms with Crippen LogP contribution in [0.4, 0.5) is 5.69 Å². The summed E-state index contributed by atoms with van der Waals surface area (Å²) < 4.78 is 10.5. The number of methoxy groups -OCH3 is 2. The monoisotopic (exact) mass is 445 g/mol. The lowest BCUT2D eigenvalue weighted by atomic mass is 9.79. The Morgan fingerprint density at radius 3 is 2.06 bits per heavy atom. The van der Waals surface area contributed by atoms with Crippen LogP contribution >= 0.6 is 0 Å². The molecule has 6 nitrogen and oxygen atoms in total. The quantitative estimate of drug-likeness (QED) is 0.354. The summed E-state index contributed by atoms with van der Waals surface area (Å²) >= 11 is 0. The van der Waals surface area contributed by atoms with Crippen LogP contribution in [0.25, 0.3) is 0 Å². The predicted octanol–water partition coefficient (Wildman–Crippen LogP) is 4.90. The molecule has 0 aliphatic heterocycles. The minimum atomic E-state index is -1.06. The summed E-state index contributed by atoms with van der Waals surface area (Å²) in [7, 11) is 3.06. The van der Waals surface area contributed by atoms with E-state index in [0.717, 1.165) is 5.56 Å². The van der Waals surface area contributed by atoms with Crippen molar-refractivity contribution in [1.29, 1.82) is 0 Å². The Bertz CT molecular complexity index is 1110. The van der Waals surface area contributed by atoms with Crippen molar-refractivity contribution in [3.8, 4) is 11.5 Å². The van der Waals surface area contributed by atoms with Gasteiger partial charge in [-0.15, -0.1) is 0 Å². The molecule has 0 heterocycles. The summed E-state index contributed by atoms with van der Waals surface area (Å²) in [5, 5.41) is 2.81. The van der Waals surface area contributed by atoms with Gasteiger partial charge in [-0.05, 0) is 48.9 Å². The molecule has 0 fully saturated rings. The van der Waals surface area contributed by atoms with Crippen molar-refractivity contribution < 1.29 is 23.9 Å². The number of Topliss-reactive ketones (excluding diaryl/α,β-unsaturated/α-hetero) is 2. The number of hydrogen-bond acceptors (Lipinski definition) is 5. The average molecular weight is 446 g/mol. The molecule has 2 unspecified atom stereocenters. The van der Waals surface area contributed by atoms with Crippen LogP contribution in [0.3, 0.4) is 0 Å². The summed E-state index contributed by atoms with van der Waals surface area (Å²) in [6.07, 6.45) is -0.0000661. The fraction of sp³-hybridized carbons (Fsp3) is 0.222.